The van der Waals surface area contributed by atoms with Gasteiger partial charge >= 0.3 is 6.18 Å². The number of ether oxygens (including phenoxy) is 1. The van der Waals surface area contributed by atoms with Crippen molar-refractivity contribution in [1.29, 1.82) is 5.26 Å². The molecule has 1 aromatic rings. The number of nitrogens with two attached hydrogens (primary N) is 1. The molecule has 1 aliphatic rings. The lowest BCUT2D eigenvalue weighted by molar-refractivity contribution is -0.137. The van der Waals surface area contributed by atoms with Crippen molar-refractivity contribution in [3.05, 3.63) is 29.3 Å². The van der Waals surface area contributed by atoms with Crippen LogP contribution in [0.1, 0.15) is 36.8 Å². The third kappa shape index (κ3) is 3.67. The van der Waals surface area contributed by atoms with Gasteiger partial charge in [-0.2, -0.15) is 18.4 Å². The Morgan fingerprint density at radius 1 is 1.29 bits per heavy atom. The molecular formula is C15H17F3N2O. The van der Waals surface area contributed by atoms with Crippen LogP contribution in [0.5, 0.6) is 5.75 Å². The molecule has 0 spiro atoms. The van der Waals surface area contributed by atoms with E-state index in [9.17, 15) is 13.2 Å². The van der Waals surface area contributed by atoms with Crippen molar-refractivity contribution in [1.82, 2.24) is 0 Å². The first-order valence-electron chi connectivity index (χ1n) is 6.93. The molecule has 3 nitrogen and oxygen atoms in total. The van der Waals surface area contributed by atoms with E-state index in [1.54, 1.807) is 6.07 Å². The summed E-state index contributed by atoms with van der Waals surface area (Å²) in [5, 5.41) is 8.77. The van der Waals surface area contributed by atoms with E-state index >= 15 is 0 Å². The van der Waals surface area contributed by atoms with Crippen molar-refractivity contribution < 1.29 is 17.9 Å². The maximum atomic E-state index is 12.9. The Kier molecular flexibility index (Phi) is 4.73. The molecule has 1 aromatic carbocycles. The van der Waals surface area contributed by atoms with Crippen molar-refractivity contribution in [2.24, 2.45) is 11.7 Å². The van der Waals surface area contributed by atoms with Gasteiger partial charge in [0.15, 0.2) is 0 Å². The number of benzene rings is 1. The summed E-state index contributed by atoms with van der Waals surface area (Å²) in [5.74, 6) is 0.315. The molecule has 0 radical (unpaired) electrons. The van der Waals surface area contributed by atoms with Crippen molar-refractivity contribution in [2.75, 3.05) is 6.54 Å². The van der Waals surface area contributed by atoms with Crippen LogP contribution in [0.15, 0.2) is 18.2 Å². The SMILES string of the molecule is N#Cc1ccc(OC2CCCCC2CN)cc1C(F)(F)F. The van der Waals surface area contributed by atoms with Crippen LogP contribution in [0.25, 0.3) is 0 Å². The van der Waals surface area contributed by atoms with Crippen LogP contribution in [0.4, 0.5) is 13.2 Å². The zero-order valence-electron chi connectivity index (χ0n) is 11.5. The lowest BCUT2D eigenvalue weighted by atomic mass is 9.86. The molecule has 0 bridgehead atoms. The summed E-state index contributed by atoms with van der Waals surface area (Å²) in [5.41, 5.74) is 4.34. The lowest BCUT2D eigenvalue weighted by Crippen LogP contribution is -2.35. The summed E-state index contributed by atoms with van der Waals surface area (Å²) < 4.78 is 44.4. The Bertz CT molecular complexity index is 537. The molecule has 2 atom stereocenters. The summed E-state index contributed by atoms with van der Waals surface area (Å²) >= 11 is 0. The zero-order chi connectivity index (χ0) is 15.5. The minimum Gasteiger partial charge on any atom is -0.490 e. The van der Waals surface area contributed by atoms with Crippen LogP contribution in [0.3, 0.4) is 0 Å². The molecule has 6 heteroatoms. The van der Waals surface area contributed by atoms with Crippen LogP contribution in [-0.4, -0.2) is 12.6 Å². The first-order valence-corrected chi connectivity index (χ1v) is 6.93. The molecular weight excluding hydrogens is 281 g/mol. The highest BCUT2D eigenvalue weighted by atomic mass is 19.4. The quantitative estimate of drug-likeness (QED) is 0.929. The fourth-order valence-electron chi connectivity index (χ4n) is 2.70. The van der Waals surface area contributed by atoms with Gasteiger partial charge in [0, 0.05) is 5.92 Å². The predicted octanol–water partition coefficient (Wildman–Crippen LogP) is 3.47. The van der Waals surface area contributed by atoms with Gasteiger partial charge < -0.3 is 10.5 Å². The van der Waals surface area contributed by atoms with Crippen molar-refractivity contribution in [3.8, 4) is 11.8 Å². The number of halogens is 3. The number of rotatable bonds is 3. The number of nitriles is 1. The second kappa shape index (κ2) is 6.35. The highest BCUT2D eigenvalue weighted by Gasteiger charge is 2.34. The van der Waals surface area contributed by atoms with Gasteiger partial charge in [-0.25, -0.2) is 0 Å². The van der Waals surface area contributed by atoms with E-state index in [0.29, 0.717) is 6.54 Å². The van der Waals surface area contributed by atoms with Gasteiger partial charge in [0.25, 0.3) is 0 Å². The number of hydrogen-bond acceptors (Lipinski definition) is 3. The van der Waals surface area contributed by atoms with Crippen molar-refractivity contribution in [3.63, 3.8) is 0 Å². The summed E-state index contributed by atoms with van der Waals surface area (Å²) in [7, 11) is 0. The van der Waals surface area contributed by atoms with E-state index in [4.69, 9.17) is 15.7 Å². The van der Waals surface area contributed by atoms with Gasteiger partial charge in [0.05, 0.1) is 17.2 Å². The average molecular weight is 298 g/mol. The van der Waals surface area contributed by atoms with E-state index in [1.807, 2.05) is 0 Å². The van der Waals surface area contributed by atoms with Crippen LogP contribution in [0, 0.1) is 17.2 Å². The number of hydrogen-bond donors (Lipinski definition) is 1. The smallest absolute Gasteiger partial charge is 0.417 e. The van der Waals surface area contributed by atoms with E-state index in [0.717, 1.165) is 37.8 Å². The molecule has 1 saturated carbocycles. The third-order valence-electron chi connectivity index (χ3n) is 3.85. The van der Waals surface area contributed by atoms with E-state index in [1.165, 1.54) is 6.07 Å². The topological polar surface area (TPSA) is 59.0 Å². The Hall–Kier alpha value is -1.74. The monoisotopic (exact) mass is 298 g/mol. The van der Waals surface area contributed by atoms with Crippen molar-refractivity contribution >= 4 is 0 Å². The van der Waals surface area contributed by atoms with Gasteiger partial charge in [-0.1, -0.05) is 6.42 Å². The second-order valence-corrected chi connectivity index (χ2v) is 5.25. The molecule has 2 unspecified atom stereocenters. The summed E-state index contributed by atoms with van der Waals surface area (Å²) in [6.45, 7) is 0.465. The molecule has 0 amide bonds. The van der Waals surface area contributed by atoms with Gasteiger partial charge in [-0.3, -0.25) is 0 Å². The Morgan fingerprint density at radius 3 is 2.62 bits per heavy atom. The second-order valence-electron chi connectivity index (χ2n) is 5.25. The Labute approximate surface area is 121 Å². The minimum absolute atomic E-state index is 0.145. The standard InChI is InChI=1S/C15H17F3N2O/c16-15(17,18)13-7-12(6-5-10(13)8-19)21-14-4-2-1-3-11(14)9-20/h5-7,11,14H,1-4,9,20H2. The lowest BCUT2D eigenvalue weighted by Gasteiger charge is -2.31. The molecule has 2 N–H and O–H groups in total. The summed E-state index contributed by atoms with van der Waals surface area (Å²) in [6, 6.07) is 5.02. The van der Waals surface area contributed by atoms with Crippen molar-refractivity contribution in [2.45, 2.75) is 38.0 Å². The van der Waals surface area contributed by atoms with E-state index < -0.39 is 17.3 Å². The fourth-order valence-corrected chi connectivity index (χ4v) is 2.70. The van der Waals surface area contributed by atoms with Gasteiger partial charge in [0.1, 0.15) is 11.9 Å². The highest BCUT2D eigenvalue weighted by molar-refractivity contribution is 5.44. The largest absolute Gasteiger partial charge is 0.490 e. The summed E-state index contributed by atoms with van der Waals surface area (Å²) in [4.78, 5) is 0. The van der Waals surface area contributed by atoms with Crippen LogP contribution < -0.4 is 10.5 Å². The Balaban J connectivity index is 2.23. The number of alkyl halides is 3. The van der Waals surface area contributed by atoms with Crippen LogP contribution in [0.2, 0.25) is 0 Å². The molecule has 2 rings (SSSR count). The maximum Gasteiger partial charge on any atom is 0.417 e. The van der Waals surface area contributed by atoms with E-state index in [-0.39, 0.29) is 17.8 Å². The first-order chi connectivity index (χ1) is 9.95. The molecule has 1 aliphatic carbocycles. The molecule has 0 aromatic heterocycles. The summed E-state index contributed by atoms with van der Waals surface area (Å²) in [6.07, 6.45) is -0.929. The van der Waals surface area contributed by atoms with Crippen LogP contribution >= 0.6 is 0 Å². The van der Waals surface area contributed by atoms with Gasteiger partial charge in [0.2, 0.25) is 0 Å². The normalized spacial score (nSPS) is 22.6. The average Bonchev–Trinajstić information content (AvgIpc) is 2.47. The molecule has 21 heavy (non-hydrogen) atoms. The predicted molar refractivity (Wildman–Crippen MR) is 71.6 cm³/mol. The van der Waals surface area contributed by atoms with Crippen LogP contribution in [-0.2, 0) is 6.18 Å². The third-order valence-corrected chi connectivity index (χ3v) is 3.85. The Morgan fingerprint density at radius 2 is 2.00 bits per heavy atom. The fraction of sp³-hybridized carbons (Fsp3) is 0.533. The minimum atomic E-state index is -4.57. The molecule has 0 saturated heterocycles. The molecule has 1 fully saturated rings. The number of nitrogens with zero attached hydrogens (tertiary/aromatic N) is 1. The highest BCUT2D eigenvalue weighted by Crippen LogP contribution is 2.35. The zero-order valence-corrected chi connectivity index (χ0v) is 11.5. The molecule has 0 aliphatic heterocycles. The van der Waals surface area contributed by atoms with E-state index in [2.05, 4.69) is 0 Å². The first kappa shape index (κ1) is 15.6. The molecule has 0 heterocycles. The van der Waals surface area contributed by atoms with Gasteiger partial charge in [-0.05, 0) is 44.0 Å². The maximum absolute atomic E-state index is 12.9. The molecule has 114 valence electrons. The van der Waals surface area contributed by atoms with Gasteiger partial charge in [-0.15, -0.1) is 0 Å².